The van der Waals surface area contributed by atoms with E-state index >= 15 is 0 Å². The van der Waals surface area contributed by atoms with Gasteiger partial charge in [-0.25, -0.2) is 0 Å². The van der Waals surface area contributed by atoms with Crippen LogP contribution in [0.15, 0.2) is 29.8 Å². The standard InChI is InChI=1S/C21H29NO2/c1-2-20(21(23)22-15-16-8-4-3-5-9-16)24-19-13-12-17-10-6-7-11-18(17)14-19/h8,12-14,20H,2-7,9-11,15H2,1H3,(H,22,23). The number of benzene rings is 1. The van der Waals surface area contributed by atoms with Gasteiger partial charge in [-0.15, -0.1) is 0 Å². The Balaban J connectivity index is 1.57. The molecule has 0 radical (unpaired) electrons. The molecule has 0 bridgehead atoms. The van der Waals surface area contributed by atoms with Gasteiger partial charge in [0.2, 0.25) is 0 Å². The summed E-state index contributed by atoms with van der Waals surface area (Å²) in [7, 11) is 0. The first kappa shape index (κ1) is 17.1. The predicted molar refractivity (Wildman–Crippen MR) is 97.4 cm³/mol. The van der Waals surface area contributed by atoms with Crippen molar-refractivity contribution in [3.63, 3.8) is 0 Å². The van der Waals surface area contributed by atoms with Gasteiger partial charge >= 0.3 is 0 Å². The fourth-order valence-corrected chi connectivity index (χ4v) is 3.65. The Morgan fingerprint density at radius 2 is 1.92 bits per heavy atom. The molecule has 1 unspecified atom stereocenters. The summed E-state index contributed by atoms with van der Waals surface area (Å²) in [6.07, 6.45) is 12.2. The Hall–Kier alpha value is -1.77. The van der Waals surface area contributed by atoms with E-state index in [4.69, 9.17) is 4.74 Å². The maximum atomic E-state index is 12.4. The molecule has 0 fully saturated rings. The molecule has 0 saturated heterocycles. The minimum Gasteiger partial charge on any atom is -0.481 e. The molecular weight excluding hydrogens is 298 g/mol. The van der Waals surface area contributed by atoms with Crippen molar-refractivity contribution >= 4 is 5.91 Å². The molecule has 130 valence electrons. The van der Waals surface area contributed by atoms with Gasteiger partial charge in [0.1, 0.15) is 5.75 Å². The average molecular weight is 327 g/mol. The molecule has 1 amide bonds. The normalized spacial score (nSPS) is 18.3. The maximum Gasteiger partial charge on any atom is 0.261 e. The van der Waals surface area contributed by atoms with Crippen LogP contribution in [-0.4, -0.2) is 18.6 Å². The van der Waals surface area contributed by atoms with Crippen LogP contribution in [0.4, 0.5) is 0 Å². The van der Waals surface area contributed by atoms with Crippen LogP contribution in [0.1, 0.15) is 63.0 Å². The molecule has 0 aliphatic heterocycles. The summed E-state index contributed by atoms with van der Waals surface area (Å²) in [6.45, 7) is 2.67. The highest BCUT2D eigenvalue weighted by Crippen LogP contribution is 2.26. The molecule has 1 aromatic carbocycles. The summed E-state index contributed by atoms with van der Waals surface area (Å²) in [5.74, 6) is 0.830. The number of hydrogen-bond acceptors (Lipinski definition) is 2. The van der Waals surface area contributed by atoms with E-state index in [1.54, 1.807) is 0 Å². The lowest BCUT2D eigenvalue weighted by molar-refractivity contribution is -0.127. The summed E-state index contributed by atoms with van der Waals surface area (Å²) in [6, 6.07) is 6.32. The zero-order chi connectivity index (χ0) is 16.8. The van der Waals surface area contributed by atoms with Gasteiger partial charge in [-0.05, 0) is 81.0 Å². The van der Waals surface area contributed by atoms with E-state index in [1.807, 2.05) is 13.0 Å². The number of hydrogen-bond donors (Lipinski definition) is 1. The van der Waals surface area contributed by atoms with Crippen molar-refractivity contribution in [3.8, 4) is 5.75 Å². The lowest BCUT2D eigenvalue weighted by Crippen LogP contribution is -2.39. The van der Waals surface area contributed by atoms with E-state index in [9.17, 15) is 4.79 Å². The van der Waals surface area contributed by atoms with Crippen LogP contribution < -0.4 is 10.1 Å². The molecule has 1 N–H and O–H groups in total. The van der Waals surface area contributed by atoms with Gasteiger partial charge < -0.3 is 10.1 Å². The fourth-order valence-electron chi connectivity index (χ4n) is 3.65. The van der Waals surface area contributed by atoms with Gasteiger partial charge in [-0.3, -0.25) is 4.79 Å². The molecular formula is C21H29NO2. The van der Waals surface area contributed by atoms with Gasteiger partial charge in [0.05, 0.1) is 0 Å². The summed E-state index contributed by atoms with van der Waals surface area (Å²) >= 11 is 0. The number of carbonyl (C=O) groups excluding carboxylic acids is 1. The van der Waals surface area contributed by atoms with E-state index in [2.05, 4.69) is 23.5 Å². The number of allylic oxidation sites excluding steroid dienone is 1. The summed E-state index contributed by atoms with van der Waals surface area (Å²) in [4.78, 5) is 12.4. The van der Waals surface area contributed by atoms with Gasteiger partial charge in [0.25, 0.3) is 5.91 Å². The van der Waals surface area contributed by atoms with Gasteiger partial charge in [-0.2, -0.15) is 0 Å². The molecule has 3 rings (SSSR count). The number of aryl methyl sites for hydroxylation is 2. The molecule has 1 atom stereocenters. The Labute approximate surface area is 145 Å². The molecule has 0 spiro atoms. The van der Waals surface area contributed by atoms with Crippen molar-refractivity contribution in [1.82, 2.24) is 5.32 Å². The van der Waals surface area contributed by atoms with E-state index in [0.29, 0.717) is 13.0 Å². The molecule has 3 nitrogen and oxygen atoms in total. The molecule has 3 heteroatoms. The zero-order valence-electron chi connectivity index (χ0n) is 14.8. The zero-order valence-corrected chi connectivity index (χ0v) is 14.8. The third-order valence-corrected chi connectivity index (χ3v) is 5.14. The lowest BCUT2D eigenvalue weighted by atomic mass is 9.92. The van der Waals surface area contributed by atoms with Crippen LogP contribution >= 0.6 is 0 Å². The lowest BCUT2D eigenvalue weighted by Gasteiger charge is -2.21. The van der Waals surface area contributed by atoms with E-state index in [-0.39, 0.29) is 5.91 Å². The average Bonchev–Trinajstić information content (AvgIpc) is 2.65. The molecule has 2 aliphatic rings. The number of rotatable bonds is 6. The molecule has 0 aromatic heterocycles. The van der Waals surface area contributed by atoms with Crippen LogP contribution in [0.25, 0.3) is 0 Å². The van der Waals surface area contributed by atoms with Crippen molar-refractivity contribution in [1.29, 1.82) is 0 Å². The van der Waals surface area contributed by atoms with Crippen LogP contribution in [0, 0.1) is 0 Å². The van der Waals surface area contributed by atoms with Crippen LogP contribution in [0.5, 0.6) is 5.75 Å². The first-order chi connectivity index (χ1) is 11.8. The molecule has 24 heavy (non-hydrogen) atoms. The SMILES string of the molecule is CCC(Oc1ccc2c(c1)CCCC2)C(=O)NCC1=CCCCC1. The Morgan fingerprint density at radius 3 is 2.67 bits per heavy atom. The first-order valence-electron chi connectivity index (χ1n) is 9.50. The predicted octanol–water partition coefficient (Wildman–Crippen LogP) is 4.34. The van der Waals surface area contributed by atoms with Gasteiger partial charge in [0.15, 0.2) is 6.10 Å². The number of fused-ring (bicyclic) bond motifs is 1. The minimum atomic E-state index is -0.407. The van der Waals surface area contributed by atoms with Crippen molar-refractivity contribution in [2.75, 3.05) is 6.54 Å². The summed E-state index contributed by atoms with van der Waals surface area (Å²) in [5, 5.41) is 3.05. The van der Waals surface area contributed by atoms with E-state index in [1.165, 1.54) is 48.8 Å². The number of nitrogens with one attached hydrogen (secondary N) is 1. The van der Waals surface area contributed by atoms with E-state index < -0.39 is 6.10 Å². The number of carbonyl (C=O) groups is 1. The van der Waals surface area contributed by atoms with Crippen molar-refractivity contribution in [3.05, 3.63) is 41.0 Å². The Kier molecular flexibility index (Phi) is 5.95. The first-order valence-corrected chi connectivity index (χ1v) is 9.50. The number of amides is 1. The van der Waals surface area contributed by atoms with Crippen molar-refractivity contribution in [2.45, 2.75) is 70.8 Å². The minimum absolute atomic E-state index is 0.00157. The molecule has 2 aliphatic carbocycles. The van der Waals surface area contributed by atoms with Gasteiger partial charge in [0, 0.05) is 6.54 Å². The second-order valence-electron chi connectivity index (χ2n) is 6.98. The molecule has 1 aromatic rings. The highest BCUT2D eigenvalue weighted by molar-refractivity contribution is 5.81. The smallest absolute Gasteiger partial charge is 0.261 e. The third-order valence-electron chi connectivity index (χ3n) is 5.14. The second kappa shape index (κ2) is 8.36. The Morgan fingerprint density at radius 1 is 1.12 bits per heavy atom. The largest absolute Gasteiger partial charge is 0.481 e. The maximum absolute atomic E-state index is 12.4. The quantitative estimate of drug-likeness (QED) is 0.789. The molecule has 0 saturated carbocycles. The van der Waals surface area contributed by atoms with Crippen LogP contribution in [0.3, 0.4) is 0 Å². The monoisotopic (exact) mass is 327 g/mol. The number of ether oxygens (including phenoxy) is 1. The Bertz CT molecular complexity index is 606. The fraction of sp³-hybridized carbons (Fsp3) is 0.571. The summed E-state index contributed by atoms with van der Waals surface area (Å²) in [5.41, 5.74) is 4.19. The second-order valence-corrected chi connectivity index (χ2v) is 6.98. The van der Waals surface area contributed by atoms with E-state index in [0.717, 1.165) is 25.0 Å². The third kappa shape index (κ3) is 4.40. The van der Waals surface area contributed by atoms with Crippen molar-refractivity contribution < 1.29 is 9.53 Å². The van der Waals surface area contributed by atoms with Crippen LogP contribution in [0.2, 0.25) is 0 Å². The topological polar surface area (TPSA) is 38.3 Å². The highest BCUT2D eigenvalue weighted by Gasteiger charge is 2.19. The highest BCUT2D eigenvalue weighted by atomic mass is 16.5. The molecule has 0 heterocycles. The van der Waals surface area contributed by atoms with Crippen LogP contribution in [-0.2, 0) is 17.6 Å². The summed E-state index contributed by atoms with van der Waals surface area (Å²) < 4.78 is 6.00. The van der Waals surface area contributed by atoms with Crippen molar-refractivity contribution in [2.24, 2.45) is 0 Å². The van der Waals surface area contributed by atoms with Gasteiger partial charge in [-0.1, -0.05) is 24.6 Å².